The van der Waals surface area contributed by atoms with Gasteiger partial charge in [-0.3, -0.25) is 9.97 Å². The molecule has 0 atom stereocenters. The number of nitrogens with one attached hydrogen (secondary N) is 1. The molecular formula is C17H18N4. The summed E-state index contributed by atoms with van der Waals surface area (Å²) >= 11 is 0. The van der Waals surface area contributed by atoms with Crippen molar-refractivity contribution in [3.05, 3.63) is 59.7 Å². The smallest absolute Gasteiger partial charge is 0.0928 e. The van der Waals surface area contributed by atoms with E-state index in [9.17, 15) is 0 Å². The third-order valence-electron chi connectivity index (χ3n) is 4.20. The molecule has 0 radical (unpaired) electrons. The molecule has 4 nitrogen and oxygen atoms in total. The molecule has 21 heavy (non-hydrogen) atoms. The average Bonchev–Trinajstić information content (AvgIpc) is 2.88. The molecule has 0 spiro atoms. The van der Waals surface area contributed by atoms with Gasteiger partial charge in [0, 0.05) is 61.8 Å². The van der Waals surface area contributed by atoms with Crippen LogP contribution < -0.4 is 5.32 Å². The van der Waals surface area contributed by atoms with Crippen molar-refractivity contribution in [2.45, 2.75) is 25.9 Å². The van der Waals surface area contributed by atoms with Crippen LogP contribution in [0.3, 0.4) is 0 Å². The predicted octanol–water partition coefficient (Wildman–Crippen LogP) is 2.32. The molecule has 0 fully saturated rings. The molecule has 4 heteroatoms. The molecule has 0 amide bonds. The fourth-order valence-corrected chi connectivity index (χ4v) is 3.21. The Balaban J connectivity index is 1.74. The fourth-order valence-electron chi connectivity index (χ4n) is 3.21. The highest BCUT2D eigenvalue weighted by Gasteiger charge is 2.20. The van der Waals surface area contributed by atoms with Gasteiger partial charge in [0.05, 0.1) is 11.0 Å². The summed E-state index contributed by atoms with van der Waals surface area (Å²) in [7, 11) is 0. The summed E-state index contributed by atoms with van der Waals surface area (Å²) in [5.41, 5.74) is 6.37. The third kappa shape index (κ3) is 2.21. The number of nitrogens with zero attached hydrogens (tertiary/aromatic N) is 3. The Morgan fingerprint density at radius 2 is 2.05 bits per heavy atom. The van der Waals surface area contributed by atoms with Gasteiger partial charge in [-0.05, 0) is 24.3 Å². The zero-order valence-corrected chi connectivity index (χ0v) is 11.9. The number of rotatable bonds is 3. The Labute approximate surface area is 123 Å². The summed E-state index contributed by atoms with van der Waals surface area (Å²) in [4.78, 5) is 9.02. The Bertz CT molecular complexity index is 761. The third-order valence-corrected chi connectivity index (χ3v) is 4.20. The first-order valence-electron chi connectivity index (χ1n) is 7.49. The molecule has 0 aliphatic carbocycles. The molecule has 3 aromatic rings. The lowest BCUT2D eigenvalue weighted by Crippen LogP contribution is -2.25. The van der Waals surface area contributed by atoms with Crippen molar-refractivity contribution >= 4 is 11.0 Å². The van der Waals surface area contributed by atoms with Gasteiger partial charge in [-0.25, -0.2) is 0 Å². The summed E-state index contributed by atoms with van der Waals surface area (Å²) < 4.78 is 2.44. The van der Waals surface area contributed by atoms with Crippen LogP contribution >= 0.6 is 0 Å². The minimum absolute atomic E-state index is 0.930. The second kappa shape index (κ2) is 5.30. The second-order valence-electron chi connectivity index (χ2n) is 5.45. The van der Waals surface area contributed by atoms with Crippen molar-refractivity contribution < 1.29 is 0 Å². The number of aryl methyl sites for hydroxylation is 2. The molecule has 0 unspecified atom stereocenters. The van der Waals surface area contributed by atoms with Crippen LogP contribution in [0.4, 0.5) is 0 Å². The lowest BCUT2D eigenvalue weighted by Gasteiger charge is -2.16. The van der Waals surface area contributed by atoms with Gasteiger partial charge in [0.15, 0.2) is 0 Å². The van der Waals surface area contributed by atoms with Crippen LogP contribution in [0.2, 0.25) is 0 Å². The van der Waals surface area contributed by atoms with Crippen LogP contribution in [-0.4, -0.2) is 21.1 Å². The minimum Gasteiger partial charge on any atom is -0.343 e. The van der Waals surface area contributed by atoms with Crippen molar-refractivity contribution in [1.82, 2.24) is 19.9 Å². The summed E-state index contributed by atoms with van der Waals surface area (Å²) in [6.45, 7) is 2.95. The molecule has 0 bridgehead atoms. The number of pyridine rings is 2. The van der Waals surface area contributed by atoms with Gasteiger partial charge < -0.3 is 9.88 Å². The van der Waals surface area contributed by atoms with E-state index < -0.39 is 0 Å². The van der Waals surface area contributed by atoms with Gasteiger partial charge in [-0.15, -0.1) is 0 Å². The molecular weight excluding hydrogens is 260 g/mol. The van der Waals surface area contributed by atoms with E-state index in [1.54, 1.807) is 0 Å². The molecule has 1 aliphatic rings. The molecule has 4 rings (SSSR count). The van der Waals surface area contributed by atoms with Gasteiger partial charge in [0.25, 0.3) is 0 Å². The molecule has 3 aromatic heterocycles. The van der Waals surface area contributed by atoms with E-state index >= 15 is 0 Å². The van der Waals surface area contributed by atoms with E-state index in [1.165, 1.54) is 16.8 Å². The maximum atomic E-state index is 4.59. The number of hydrogen-bond acceptors (Lipinski definition) is 3. The van der Waals surface area contributed by atoms with E-state index in [1.807, 2.05) is 24.5 Å². The van der Waals surface area contributed by atoms with Gasteiger partial charge in [-0.1, -0.05) is 6.07 Å². The molecule has 0 saturated carbocycles. The van der Waals surface area contributed by atoms with E-state index in [-0.39, 0.29) is 0 Å². The van der Waals surface area contributed by atoms with Crippen molar-refractivity contribution in [2.75, 3.05) is 6.54 Å². The highest BCUT2D eigenvalue weighted by atomic mass is 15.0. The lowest BCUT2D eigenvalue weighted by molar-refractivity contribution is 0.592. The van der Waals surface area contributed by atoms with Crippen molar-refractivity contribution in [2.24, 2.45) is 0 Å². The van der Waals surface area contributed by atoms with Crippen LogP contribution in [0, 0.1) is 0 Å². The summed E-state index contributed by atoms with van der Waals surface area (Å²) in [5, 5.41) is 3.45. The number of aromatic nitrogens is 3. The van der Waals surface area contributed by atoms with Gasteiger partial charge in [-0.2, -0.15) is 0 Å². The van der Waals surface area contributed by atoms with Crippen LogP contribution in [-0.2, 0) is 25.9 Å². The minimum atomic E-state index is 0.930. The van der Waals surface area contributed by atoms with Crippen molar-refractivity contribution in [1.29, 1.82) is 0 Å². The molecule has 0 saturated heterocycles. The first-order valence-corrected chi connectivity index (χ1v) is 7.49. The van der Waals surface area contributed by atoms with Crippen LogP contribution in [0.25, 0.3) is 11.0 Å². The van der Waals surface area contributed by atoms with E-state index in [4.69, 9.17) is 0 Å². The largest absolute Gasteiger partial charge is 0.343 e. The van der Waals surface area contributed by atoms with E-state index in [0.717, 1.165) is 43.7 Å². The monoisotopic (exact) mass is 278 g/mol. The lowest BCUT2D eigenvalue weighted by atomic mass is 10.1. The zero-order chi connectivity index (χ0) is 14.1. The Morgan fingerprint density at radius 1 is 1.10 bits per heavy atom. The maximum Gasteiger partial charge on any atom is 0.0928 e. The first-order chi connectivity index (χ1) is 10.4. The summed E-state index contributed by atoms with van der Waals surface area (Å²) in [6.07, 6.45) is 5.79. The topological polar surface area (TPSA) is 42.7 Å². The number of fused-ring (bicyclic) bond motifs is 3. The fraction of sp³-hybridized carbons (Fsp3) is 0.294. The number of hydrogen-bond donors (Lipinski definition) is 1. The standard InChI is InChI=1S/C17H18N4/c1-2-8-19-13(4-1)7-11-21-15-6-10-18-12-14(15)17-16(21)5-3-9-20-17/h1-5,8-9,18H,6-7,10-12H2. The van der Waals surface area contributed by atoms with Gasteiger partial charge >= 0.3 is 0 Å². The highest BCUT2D eigenvalue weighted by molar-refractivity contribution is 5.81. The zero-order valence-electron chi connectivity index (χ0n) is 11.9. The average molecular weight is 278 g/mol. The molecule has 0 aromatic carbocycles. The van der Waals surface area contributed by atoms with Crippen LogP contribution in [0.5, 0.6) is 0 Å². The first kappa shape index (κ1) is 12.5. The Kier molecular flexibility index (Phi) is 3.16. The van der Waals surface area contributed by atoms with Gasteiger partial charge in [0.1, 0.15) is 0 Å². The highest BCUT2D eigenvalue weighted by Crippen LogP contribution is 2.27. The predicted molar refractivity (Wildman–Crippen MR) is 83.1 cm³/mol. The van der Waals surface area contributed by atoms with Crippen LogP contribution in [0.1, 0.15) is 17.0 Å². The molecule has 4 heterocycles. The second-order valence-corrected chi connectivity index (χ2v) is 5.45. The van der Waals surface area contributed by atoms with E-state index in [0.29, 0.717) is 0 Å². The van der Waals surface area contributed by atoms with E-state index in [2.05, 4.69) is 38.1 Å². The van der Waals surface area contributed by atoms with Crippen molar-refractivity contribution in [3.8, 4) is 0 Å². The summed E-state index contributed by atoms with van der Waals surface area (Å²) in [6, 6.07) is 10.3. The molecule has 106 valence electrons. The maximum absolute atomic E-state index is 4.59. The van der Waals surface area contributed by atoms with Crippen molar-refractivity contribution in [3.63, 3.8) is 0 Å². The molecule has 1 N–H and O–H groups in total. The SMILES string of the molecule is c1ccc(CCn2c3c(c4ncccc42)CNCC3)nc1. The molecule has 1 aliphatic heterocycles. The summed E-state index contributed by atoms with van der Waals surface area (Å²) in [5.74, 6) is 0. The normalized spacial score (nSPS) is 14.3. The Hall–Kier alpha value is -2.20. The van der Waals surface area contributed by atoms with Gasteiger partial charge in [0.2, 0.25) is 0 Å². The Morgan fingerprint density at radius 3 is 2.95 bits per heavy atom. The van der Waals surface area contributed by atoms with Crippen LogP contribution in [0.15, 0.2) is 42.7 Å². The quantitative estimate of drug-likeness (QED) is 0.799.